The van der Waals surface area contributed by atoms with E-state index in [2.05, 4.69) is 18.1 Å². The van der Waals surface area contributed by atoms with Crippen molar-refractivity contribution in [2.75, 3.05) is 20.8 Å². The number of nitrogens with zero attached hydrogens (tertiary/aromatic N) is 4. The van der Waals surface area contributed by atoms with E-state index < -0.39 is 0 Å². The SMILES string of the molecule is COc1ccc2c(c1)CN(C(=O)CCc1c(C)nc3c(c(OC)nn3C)c1C)CC2. The Hall–Kier alpha value is -3.09. The van der Waals surface area contributed by atoms with Crippen LogP contribution >= 0.6 is 0 Å². The normalized spacial score (nSPS) is 13.4. The number of hydrogen-bond donors (Lipinski definition) is 0. The highest BCUT2D eigenvalue weighted by atomic mass is 16.5. The molecule has 30 heavy (non-hydrogen) atoms. The third kappa shape index (κ3) is 3.49. The first kappa shape index (κ1) is 20.2. The number of fused-ring (bicyclic) bond motifs is 2. The van der Waals surface area contributed by atoms with Gasteiger partial charge in [-0.1, -0.05) is 6.07 Å². The van der Waals surface area contributed by atoms with Gasteiger partial charge >= 0.3 is 0 Å². The predicted molar refractivity (Wildman–Crippen MR) is 115 cm³/mol. The molecule has 0 N–H and O–H groups in total. The van der Waals surface area contributed by atoms with E-state index in [4.69, 9.17) is 14.5 Å². The second kappa shape index (κ2) is 7.97. The zero-order chi connectivity index (χ0) is 21.4. The molecule has 0 spiro atoms. The first-order chi connectivity index (χ1) is 14.4. The Morgan fingerprint density at radius 1 is 1.17 bits per heavy atom. The Morgan fingerprint density at radius 3 is 2.70 bits per heavy atom. The number of ether oxygens (including phenoxy) is 2. The standard InChI is InChI=1S/C23H28N4O3/c1-14-19(15(2)24-22-21(14)23(30-5)25-26(22)3)8-9-20(28)27-11-10-16-6-7-18(29-4)12-17(16)13-27/h6-7,12H,8-11,13H2,1-5H3. The molecule has 0 radical (unpaired) electrons. The van der Waals surface area contributed by atoms with Gasteiger partial charge in [0.05, 0.1) is 19.6 Å². The molecule has 0 saturated carbocycles. The lowest BCUT2D eigenvalue weighted by Crippen LogP contribution is -2.36. The molecule has 1 aliphatic heterocycles. The molecule has 0 atom stereocenters. The lowest BCUT2D eigenvalue weighted by molar-refractivity contribution is -0.132. The van der Waals surface area contributed by atoms with Crippen LogP contribution in [0.15, 0.2) is 18.2 Å². The van der Waals surface area contributed by atoms with Crippen LogP contribution < -0.4 is 9.47 Å². The molecule has 7 heteroatoms. The van der Waals surface area contributed by atoms with E-state index in [0.29, 0.717) is 25.3 Å². The highest BCUT2D eigenvalue weighted by molar-refractivity contribution is 5.86. The van der Waals surface area contributed by atoms with Crippen LogP contribution in [0.4, 0.5) is 0 Å². The van der Waals surface area contributed by atoms with Gasteiger partial charge in [-0.2, -0.15) is 0 Å². The van der Waals surface area contributed by atoms with Gasteiger partial charge in [0.2, 0.25) is 11.8 Å². The predicted octanol–water partition coefficient (Wildman–Crippen LogP) is 3.12. The Balaban J connectivity index is 1.52. The van der Waals surface area contributed by atoms with Gasteiger partial charge in [-0.3, -0.25) is 4.79 Å². The maximum atomic E-state index is 13.0. The number of aryl methyl sites for hydroxylation is 3. The van der Waals surface area contributed by atoms with E-state index in [1.807, 2.05) is 31.0 Å². The average Bonchev–Trinajstić information content (AvgIpc) is 3.08. The highest BCUT2D eigenvalue weighted by Crippen LogP contribution is 2.31. The van der Waals surface area contributed by atoms with Crippen LogP contribution in [0.25, 0.3) is 11.0 Å². The second-order valence-corrected chi connectivity index (χ2v) is 7.83. The molecule has 0 aliphatic carbocycles. The fraction of sp³-hybridized carbons (Fsp3) is 0.435. The molecule has 4 rings (SSSR count). The van der Waals surface area contributed by atoms with Crippen molar-refractivity contribution in [3.05, 3.63) is 46.1 Å². The van der Waals surface area contributed by atoms with Crippen LogP contribution in [0.1, 0.15) is 34.4 Å². The molecule has 158 valence electrons. The Bertz CT molecular complexity index is 1120. The number of hydrogen-bond acceptors (Lipinski definition) is 5. The molecule has 0 unspecified atom stereocenters. The second-order valence-electron chi connectivity index (χ2n) is 7.83. The molecule has 0 bridgehead atoms. The van der Waals surface area contributed by atoms with Gasteiger partial charge in [0, 0.05) is 32.3 Å². The van der Waals surface area contributed by atoms with Crippen molar-refractivity contribution in [2.45, 2.75) is 39.7 Å². The number of rotatable bonds is 5. The summed E-state index contributed by atoms with van der Waals surface area (Å²) < 4.78 is 12.5. The smallest absolute Gasteiger partial charge is 0.242 e. The molecular weight excluding hydrogens is 380 g/mol. The molecule has 0 saturated heterocycles. The summed E-state index contributed by atoms with van der Waals surface area (Å²) in [5.74, 6) is 1.58. The van der Waals surface area contributed by atoms with Gasteiger partial charge in [0.15, 0.2) is 5.65 Å². The number of carbonyl (C=O) groups is 1. The summed E-state index contributed by atoms with van der Waals surface area (Å²) in [6, 6.07) is 6.12. The number of aromatic nitrogens is 3. The zero-order valence-corrected chi connectivity index (χ0v) is 18.3. The van der Waals surface area contributed by atoms with Gasteiger partial charge in [0.1, 0.15) is 5.75 Å². The molecule has 1 aromatic carbocycles. The summed E-state index contributed by atoms with van der Waals surface area (Å²) in [5, 5.41) is 5.33. The lowest BCUT2D eigenvalue weighted by atomic mass is 9.97. The van der Waals surface area contributed by atoms with E-state index >= 15 is 0 Å². The van der Waals surface area contributed by atoms with Crippen LogP contribution in [0.2, 0.25) is 0 Å². The molecule has 0 fully saturated rings. The van der Waals surface area contributed by atoms with Crippen molar-refractivity contribution >= 4 is 16.9 Å². The average molecular weight is 409 g/mol. The summed E-state index contributed by atoms with van der Waals surface area (Å²) in [6.07, 6.45) is 1.99. The minimum absolute atomic E-state index is 0.167. The van der Waals surface area contributed by atoms with Gasteiger partial charge in [-0.15, -0.1) is 5.10 Å². The first-order valence-corrected chi connectivity index (χ1v) is 10.2. The van der Waals surface area contributed by atoms with E-state index in [1.54, 1.807) is 18.9 Å². The van der Waals surface area contributed by atoms with Crippen molar-refractivity contribution in [1.82, 2.24) is 19.7 Å². The van der Waals surface area contributed by atoms with Crippen molar-refractivity contribution in [2.24, 2.45) is 7.05 Å². The summed E-state index contributed by atoms with van der Waals surface area (Å²) >= 11 is 0. The van der Waals surface area contributed by atoms with Crippen LogP contribution in [-0.2, 0) is 31.2 Å². The van der Waals surface area contributed by atoms with Crippen LogP contribution in [0, 0.1) is 13.8 Å². The molecular formula is C23H28N4O3. The van der Waals surface area contributed by atoms with Crippen LogP contribution in [0.5, 0.6) is 11.6 Å². The Morgan fingerprint density at radius 2 is 1.97 bits per heavy atom. The molecule has 3 aromatic rings. The zero-order valence-electron chi connectivity index (χ0n) is 18.3. The molecule has 7 nitrogen and oxygen atoms in total. The topological polar surface area (TPSA) is 69.5 Å². The number of benzene rings is 1. The fourth-order valence-electron chi connectivity index (χ4n) is 4.37. The summed E-state index contributed by atoms with van der Waals surface area (Å²) in [7, 11) is 5.15. The van der Waals surface area contributed by atoms with Crippen LogP contribution in [0.3, 0.4) is 0 Å². The number of pyridine rings is 1. The maximum absolute atomic E-state index is 13.0. The minimum Gasteiger partial charge on any atom is -0.497 e. The molecule has 3 heterocycles. The van der Waals surface area contributed by atoms with Gasteiger partial charge in [0.25, 0.3) is 0 Å². The lowest BCUT2D eigenvalue weighted by Gasteiger charge is -2.29. The van der Waals surface area contributed by atoms with Gasteiger partial charge in [-0.25, -0.2) is 9.67 Å². The highest BCUT2D eigenvalue weighted by Gasteiger charge is 2.23. The van der Waals surface area contributed by atoms with Crippen molar-refractivity contribution < 1.29 is 14.3 Å². The summed E-state index contributed by atoms with van der Waals surface area (Å²) in [4.78, 5) is 19.7. The van der Waals surface area contributed by atoms with Gasteiger partial charge < -0.3 is 14.4 Å². The van der Waals surface area contributed by atoms with Crippen molar-refractivity contribution in [1.29, 1.82) is 0 Å². The first-order valence-electron chi connectivity index (χ1n) is 10.2. The fourth-order valence-corrected chi connectivity index (χ4v) is 4.37. The van der Waals surface area contributed by atoms with Crippen molar-refractivity contribution in [3.8, 4) is 11.6 Å². The quantitative estimate of drug-likeness (QED) is 0.649. The summed E-state index contributed by atoms with van der Waals surface area (Å²) in [5.41, 5.74) is 6.39. The molecule has 2 aromatic heterocycles. The third-order valence-electron chi connectivity index (χ3n) is 6.08. The molecule has 1 amide bonds. The Kier molecular flexibility index (Phi) is 5.37. The van der Waals surface area contributed by atoms with E-state index in [-0.39, 0.29) is 5.91 Å². The van der Waals surface area contributed by atoms with Gasteiger partial charge in [-0.05, 0) is 61.1 Å². The minimum atomic E-state index is 0.167. The van der Waals surface area contributed by atoms with E-state index in [1.165, 1.54) is 11.1 Å². The third-order valence-corrected chi connectivity index (χ3v) is 6.08. The number of amides is 1. The Labute approximate surface area is 176 Å². The van der Waals surface area contributed by atoms with Crippen LogP contribution in [-0.4, -0.2) is 46.3 Å². The monoisotopic (exact) mass is 408 g/mol. The maximum Gasteiger partial charge on any atom is 0.242 e. The number of carbonyl (C=O) groups excluding carboxylic acids is 1. The summed E-state index contributed by atoms with van der Waals surface area (Å²) in [6.45, 7) is 5.44. The largest absolute Gasteiger partial charge is 0.497 e. The number of methoxy groups -OCH3 is 2. The van der Waals surface area contributed by atoms with E-state index in [9.17, 15) is 4.79 Å². The van der Waals surface area contributed by atoms with Crippen molar-refractivity contribution in [3.63, 3.8) is 0 Å². The van der Waals surface area contributed by atoms with E-state index in [0.717, 1.165) is 46.6 Å². The molecule has 1 aliphatic rings.